The van der Waals surface area contributed by atoms with Gasteiger partial charge in [-0.15, -0.1) is 0 Å². The monoisotopic (exact) mass is 674 g/mol. The molecule has 0 bridgehead atoms. The normalized spacial score (nSPS) is 15.1. The molecule has 0 spiro atoms. The fraction of sp³-hybridized carbons (Fsp3) is 0.333. The van der Waals surface area contributed by atoms with Gasteiger partial charge in [-0.1, -0.05) is 0 Å². The minimum Gasteiger partial charge on any atom is -1.00 e. The van der Waals surface area contributed by atoms with E-state index in [0.29, 0.717) is 0 Å². The number of hydrogen-bond acceptors (Lipinski definition) is 0. The third kappa shape index (κ3) is 6.63. The summed E-state index contributed by atoms with van der Waals surface area (Å²) in [5, 5.41) is 3.20. The van der Waals surface area contributed by atoms with Crippen molar-refractivity contribution in [2.24, 2.45) is 10.8 Å². The maximum Gasteiger partial charge on any atom is -1.00 e. The van der Waals surface area contributed by atoms with Crippen LogP contribution in [0.15, 0.2) is 103 Å². The average Bonchev–Trinajstić information content (AvgIpc) is 3.43. The predicted octanol–water partition coefficient (Wildman–Crippen LogP) is 0.939. The molecular formula is C30H36Cl2HfSi. The summed E-state index contributed by atoms with van der Waals surface area (Å²) in [7, 11) is 0. The number of benzene rings is 2. The Balaban J connectivity index is 0.00000204. The van der Waals surface area contributed by atoms with Crippen LogP contribution in [0, 0.1) is 10.8 Å². The van der Waals surface area contributed by atoms with Crippen molar-refractivity contribution in [3.05, 3.63) is 103 Å². The van der Waals surface area contributed by atoms with Gasteiger partial charge in [-0.05, 0) is 0 Å². The van der Waals surface area contributed by atoms with Gasteiger partial charge in [0.1, 0.15) is 0 Å². The summed E-state index contributed by atoms with van der Waals surface area (Å²) >= 11 is -2.41. The topological polar surface area (TPSA) is 0 Å². The van der Waals surface area contributed by atoms with Crippen molar-refractivity contribution >= 4 is 15.9 Å². The Kier molecular flexibility index (Phi) is 10.2. The molecule has 178 valence electrons. The number of halogens is 2. The van der Waals surface area contributed by atoms with Crippen LogP contribution in [0.4, 0.5) is 0 Å². The molecule has 0 heterocycles. The predicted molar refractivity (Wildman–Crippen MR) is 138 cm³/mol. The molecule has 2 aromatic carbocycles. The molecule has 4 rings (SSSR count). The van der Waals surface area contributed by atoms with Crippen molar-refractivity contribution in [3.63, 3.8) is 0 Å². The van der Waals surface area contributed by atoms with Crippen molar-refractivity contribution in [2.45, 2.75) is 54.4 Å². The third-order valence-corrected chi connectivity index (χ3v) is 32.8. The van der Waals surface area contributed by atoms with Gasteiger partial charge in [-0.2, -0.15) is 0 Å². The van der Waals surface area contributed by atoms with Gasteiger partial charge in [-0.25, -0.2) is 0 Å². The van der Waals surface area contributed by atoms with Gasteiger partial charge >= 0.3 is 204 Å². The van der Waals surface area contributed by atoms with Crippen LogP contribution in [0.3, 0.4) is 0 Å². The molecule has 4 heteroatoms. The van der Waals surface area contributed by atoms with Crippen molar-refractivity contribution in [3.8, 4) is 0 Å². The maximum absolute atomic E-state index is 2.63. The van der Waals surface area contributed by atoms with Crippen LogP contribution >= 0.6 is 0 Å². The fourth-order valence-electron chi connectivity index (χ4n) is 4.64. The number of rotatable bonds is 4. The summed E-state index contributed by atoms with van der Waals surface area (Å²) in [6.07, 6.45) is 12.7. The van der Waals surface area contributed by atoms with Crippen LogP contribution in [-0.4, -0.2) is 5.49 Å². The largest absolute Gasteiger partial charge is 1.00 e. The van der Waals surface area contributed by atoms with Gasteiger partial charge in [0, 0.05) is 0 Å². The van der Waals surface area contributed by atoms with E-state index in [1.165, 1.54) is 12.8 Å². The van der Waals surface area contributed by atoms with E-state index in [9.17, 15) is 0 Å². The third-order valence-electron chi connectivity index (χ3n) is 6.49. The molecule has 0 aliphatic heterocycles. The van der Waals surface area contributed by atoms with Crippen LogP contribution in [0.1, 0.15) is 54.4 Å². The van der Waals surface area contributed by atoms with Gasteiger partial charge in [0.05, 0.1) is 0 Å². The van der Waals surface area contributed by atoms with E-state index in [4.69, 9.17) is 0 Å². The molecule has 34 heavy (non-hydrogen) atoms. The number of hydrogen-bond donors (Lipinski definition) is 0. The maximum atomic E-state index is 2.63. The molecule has 0 atom stereocenters. The Morgan fingerprint density at radius 2 is 0.941 bits per heavy atom. The van der Waals surface area contributed by atoms with Crippen LogP contribution in [0.2, 0.25) is 0 Å². The Hall–Kier alpha value is -0.933. The molecule has 0 radical (unpaired) electrons. The Morgan fingerprint density at radius 1 is 0.588 bits per heavy atom. The standard InChI is InChI=1S/C12H10Si.2C9H13.2ClH.Hf/c1-3-7-11(8-4-1)13-12-9-5-2-6-10-12;2*1-9(2,3)8-6-4-5-7-8;;;/h1-10H;2*6-7H,4H2,1-3H3;2*1H;/q;;;;;+2/p-2. The summed E-state index contributed by atoms with van der Waals surface area (Å²) < 4.78 is 3.63. The van der Waals surface area contributed by atoms with Crippen LogP contribution in [0.25, 0.3) is 0 Å². The van der Waals surface area contributed by atoms with E-state index >= 15 is 0 Å². The molecule has 0 nitrogen and oxygen atoms in total. The van der Waals surface area contributed by atoms with Gasteiger partial charge < -0.3 is 24.8 Å². The van der Waals surface area contributed by atoms with Crippen LogP contribution < -0.4 is 35.2 Å². The van der Waals surface area contributed by atoms with E-state index < -0.39 is 25.6 Å². The molecule has 2 aliphatic carbocycles. The minimum atomic E-state index is -2.41. The summed E-state index contributed by atoms with van der Waals surface area (Å²) in [6, 6.07) is 23.0. The van der Waals surface area contributed by atoms with Crippen LogP contribution in [0.5, 0.6) is 0 Å². The molecule has 0 N–H and O–H groups in total. The van der Waals surface area contributed by atoms with Gasteiger partial charge in [0.15, 0.2) is 0 Å². The molecule has 2 aromatic rings. The quantitative estimate of drug-likeness (QED) is 0.425. The molecule has 0 fully saturated rings. The zero-order valence-corrected chi connectivity index (χ0v) is 27.4. The zero-order valence-electron chi connectivity index (χ0n) is 21.3. The molecule has 0 saturated carbocycles. The summed E-state index contributed by atoms with van der Waals surface area (Å²) in [5.41, 5.74) is 2.71. The Labute approximate surface area is 227 Å². The van der Waals surface area contributed by atoms with Crippen molar-refractivity contribution in [1.29, 1.82) is 0 Å². The summed E-state index contributed by atoms with van der Waals surface area (Å²) in [6.45, 7) is 14.2. The molecular weight excluding hydrogens is 638 g/mol. The summed E-state index contributed by atoms with van der Waals surface area (Å²) in [4.78, 5) is 0. The second-order valence-corrected chi connectivity index (χ2v) is 29.7. The Bertz CT molecular complexity index is 1060. The SMILES string of the molecule is CC(C)(C)C1=CC[C]([Hf+2]([C]2=CC(C(C)(C)C)=CC2)=[Si](c2ccccc2)c2ccccc2)=C1.[Cl-].[Cl-]. The second-order valence-electron chi connectivity index (χ2n) is 11.0. The van der Waals surface area contributed by atoms with Gasteiger partial charge in [0.25, 0.3) is 0 Å². The molecule has 0 saturated heterocycles. The molecule has 0 aromatic heterocycles. The summed E-state index contributed by atoms with van der Waals surface area (Å²) in [5.74, 6) is 0. The number of allylic oxidation sites excluding steroid dienone is 8. The second kappa shape index (κ2) is 11.9. The average molecular weight is 674 g/mol. The van der Waals surface area contributed by atoms with E-state index in [1.807, 2.05) is 6.66 Å². The van der Waals surface area contributed by atoms with Gasteiger partial charge in [-0.3, -0.25) is 0 Å². The fourth-order valence-corrected chi connectivity index (χ4v) is 32.7. The van der Waals surface area contributed by atoms with E-state index in [-0.39, 0.29) is 35.6 Å². The molecule has 0 unspecified atom stereocenters. The van der Waals surface area contributed by atoms with Crippen molar-refractivity contribution < 1.29 is 44.9 Å². The smallest absolute Gasteiger partial charge is 1.00 e. The molecule has 0 amide bonds. The van der Waals surface area contributed by atoms with Gasteiger partial charge in [0.2, 0.25) is 0 Å². The van der Waals surface area contributed by atoms with Crippen molar-refractivity contribution in [1.82, 2.24) is 0 Å². The first kappa shape index (κ1) is 29.3. The first-order chi connectivity index (χ1) is 15.1. The van der Waals surface area contributed by atoms with Crippen LogP contribution in [-0.2, 0) is 20.1 Å². The van der Waals surface area contributed by atoms with E-state index in [2.05, 4.69) is 127 Å². The van der Waals surface area contributed by atoms with E-state index in [0.717, 1.165) is 0 Å². The zero-order chi connectivity index (χ0) is 22.9. The molecule has 2 aliphatic rings. The Morgan fingerprint density at radius 3 is 1.24 bits per heavy atom. The minimum absolute atomic E-state index is 0. The first-order valence-corrected chi connectivity index (χ1v) is 22.3. The first-order valence-electron chi connectivity index (χ1n) is 11.8. The van der Waals surface area contributed by atoms with Crippen molar-refractivity contribution in [2.75, 3.05) is 0 Å². The van der Waals surface area contributed by atoms with E-state index in [1.54, 1.807) is 21.5 Å².